The van der Waals surface area contributed by atoms with Crippen molar-refractivity contribution in [1.82, 2.24) is 4.90 Å². The number of nitrogens with zero attached hydrogens (tertiary/aromatic N) is 1. The highest BCUT2D eigenvalue weighted by atomic mass is 15.1. The zero-order valence-electron chi connectivity index (χ0n) is 13.4. The normalized spacial score (nSPS) is 21.1. The van der Waals surface area contributed by atoms with Crippen molar-refractivity contribution in [2.24, 2.45) is 17.6 Å². The maximum absolute atomic E-state index is 5.71. The van der Waals surface area contributed by atoms with Gasteiger partial charge in [0.15, 0.2) is 0 Å². The van der Waals surface area contributed by atoms with E-state index in [-0.39, 0.29) is 0 Å². The molecule has 0 spiro atoms. The molecule has 2 rings (SSSR count). The van der Waals surface area contributed by atoms with Gasteiger partial charge < -0.3 is 5.73 Å². The summed E-state index contributed by atoms with van der Waals surface area (Å²) in [6, 6.07) is 6.68. The van der Waals surface area contributed by atoms with E-state index in [0.29, 0.717) is 6.54 Å². The minimum atomic E-state index is 0.640. The first-order valence-electron chi connectivity index (χ1n) is 8.11. The van der Waals surface area contributed by atoms with Gasteiger partial charge in [-0.15, -0.1) is 0 Å². The van der Waals surface area contributed by atoms with Crippen molar-refractivity contribution in [3.05, 3.63) is 34.9 Å². The van der Waals surface area contributed by atoms with Gasteiger partial charge in [0.1, 0.15) is 0 Å². The molecule has 1 saturated heterocycles. The van der Waals surface area contributed by atoms with E-state index >= 15 is 0 Å². The number of hydrogen-bond donors (Lipinski definition) is 1. The highest BCUT2D eigenvalue weighted by molar-refractivity contribution is 5.31. The molecule has 2 N–H and O–H groups in total. The molecule has 112 valence electrons. The lowest BCUT2D eigenvalue weighted by atomic mass is 9.89. The quantitative estimate of drug-likeness (QED) is 0.907. The van der Waals surface area contributed by atoms with Crippen molar-refractivity contribution in [2.45, 2.75) is 53.1 Å². The third-order valence-electron chi connectivity index (χ3n) is 4.84. The van der Waals surface area contributed by atoms with Gasteiger partial charge >= 0.3 is 0 Å². The molecular weight excluding hydrogens is 244 g/mol. The summed E-state index contributed by atoms with van der Waals surface area (Å²) in [4.78, 5) is 2.63. The maximum atomic E-state index is 5.71. The Kier molecular flexibility index (Phi) is 5.62. The minimum absolute atomic E-state index is 0.640. The van der Waals surface area contributed by atoms with E-state index in [2.05, 4.69) is 43.9 Å². The molecule has 1 fully saturated rings. The first kappa shape index (κ1) is 15.5. The van der Waals surface area contributed by atoms with Gasteiger partial charge in [-0.3, -0.25) is 4.90 Å². The SMILES string of the molecule is Cc1cc(CN)ccc1CN1CCCC(C(C)C)CC1. The lowest BCUT2D eigenvalue weighted by Gasteiger charge is -2.22. The first-order chi connectivity index (χ1) is 9.60. The highest BCUT2D eigenvalue weighted by Crippen LogP contribution is 2.25. The summed E-state index contributed by atoms with van der Waals surface area (Å²) in [5.74, 6) is 1.75. The molecule has 0 amide bonds. The number of aryl methyl sites for hydroxylation is 1. The van der Waals surface area contributed by atoms with Crippen LogP contribution in [0.15, 0.2) is 18.2 Å². The van der Waals surface area contributed by atoms with Crippen LogP contribution in [0.1, 0.15) is 49.8 Å². The molecule has 0 bridgehead atoms. The van der Waals surface area contributed by atoms with Crippen LogP contribution in [0.2, 0.25) is 0 Å². The first-order valence-corrected chi connectivity index (χ1v) is 8.11. The van der Waals surface area contributed by atoms with Crippen LogP contribution in [0.3, 0.4) is 0 Å². The second-order valence-corrected chi connectivity index (χ2v) is 6.68. The lowest BCUT2D eigenvalue weighted by Crippen LogP contribution is -2.25. The summed E-state index contributed by atoms with van der Waals surface area (Å²) in [6.07, 6.45) is 4.11. The third-order valence-corrected chi connectivity index (χ3v) is 4.84. The molecule has 2 nitrogen and oxygen atoms in total. The number of likely N-dealkylation sites (tertiary alicyclic amines) is 1. The molecule has 0 saturated carbocycles. The number of nitrogens with two attached hydrogens (primary N) is 1. The Balaban J connectivity index is 1.96. The van der Waals surface area contributed by atoms with Gasteiger partial charge in [-0.2, -0.15) is 0 Å². The van der Waals surface area contributed by atoms with Crippen LogP contribution >= 0.6 is 0 Å². The predicted molar refractivity (Wildman–Crippen MR) is 86.5 cm³/mol. The highest BCUT2D eigenvalue weighted by Gasteiger charge is 2.19. The van der Waals surface area contributed by atoms with E-state index in [1.807, 2.05) is 0 Å². The minimum Gasteiger partial charge on any atom is -0.326 e. The van der Waals surface area contributed by atoms with E-state index in [9.17, 15) is 0 Å². The molecule has 1 atom stereocenters. The smallest absolute Gasteiger partial charge is 0.0236 e. The lowest BCUT2D eigenvalue weighted by molar-refractivity contribution is 0.264. The molecule has 1 aliphatic heterocycles. The maximum Gasteiger partial charge on any atom is 0.0236 e. The fourth-order valence-electron chi connectivity index (χ4n) is 3.31. The molecule has 20 heavy (non-hydrogen) atoms. The van der Waals surface area contributed by atoms with Crippen molar-refractivity contribution >= 4 is 0 Å². The fraction of sp³-hybridized carbons (Fsp3) is 0.667. The van der Waals surface area contributed by atoms with E-state index < -0.39 is 0 Å². The second kappa shape index (κ2) is 7.24. The van der Waals surface area contributed by atoms with Crippen LogP contribution in [0, 0.1) is 18.8 Å². The van der Waals surface area contributed by atoms with E-state index in [1.54, 1.807) is 0 Å². The molecule has 0 aliphatic carbocycles. The Labute approximate surface area is 124 Å². The molecule has 0 aromatic heterocycles. The zero-order valence-corrected chi connectivity index (χ0v) is 13.4. The van der Waals surface area contributed by atoms with Gasteiger partial charge in [0.2, 0.25) is 0 Å². The monoisotopic (exact) mass is 274 g/mol. The van der Waals surface area contributed by atoms with Crippen LogP contribution in [-0.4, -0.2) is 18.0 Å². The third kappa shape index (κ3) is 4.07. The molecular formula is C18H30N2. The molecule has 0 radical (unpaired) electrons. The van der Waals surface area contributed by atoms with Crippen molar-refractivity contribution in [1.29, 1.82) is 0 Å². The topological polar surface area (TPSA) is 29.3 Å². The van der Waals surface area contributed by atoms with Gasteiger partial charge in [-0.1, -0.05) is 32.0 Å². The van der Waals surface area contributed by atoms with Gasteiger partial charge in [-0.05, 0) is 67.8 Å². The largest absolute Gasteiger partial charge is 0.326 e. The number of benzene rings is 1. The molecule has 1 aliphatic rings. The summed E-state index contributed by atoms with van der Waals surface area (Å²) in [6.45, 7) is 11.2. The Bertz CT molecular complexity index is 425. The molecule has 1 heterocycles. The van der Waals surface area contributed by atoms with Gasteiger partial charge in [0.25, 0.3) is 0 Å². The van der Waals surface area contributed by atoms with Crippen LogP contribution < -0.4 is 5.73 Å². The summed E-state index contributed by atoms with van der Waals surface area (Å²) >= 11 is 0. The number of rotatable bonds is 4. The summed E-state index contributed by atoms with van der Waals surface area (Å²) < 4.78 is 0. The zero-order chi connectivity index (χ0) is 14.5. The van der Waals surface area contributed by atoms with Crippen LogP contribution in [-0.2, 0) is 13.1 Å². The van der Waals surface area contributed by atoms with Crippen LogP contribution in [0.25, 0.3) is 0 Å². The summed E-state index contributed by atoms with van der Waals surface area (Å²) in [5.41, 5.74) is 9.79. The van der Waals surface area contributed by atoms with Crippen molar-refractivity contribution in [2.75, 3.05) is 13.1 Å². The fourth-order valence-corrected chi connectivity index (χ4v) is 3.31. The molecule has 1 unspecified atom stereocenters. The van der Waals surface area contributed by atoms with E-state index in [1.165, 1.54) is 49.0 Å². The van der Waals surface area contributed by atoms with Crippen molar-refractivity contribution in [3.63, 3.8) is 0 Å². The Morgan fingerprint density at radius 3 is 2.70 bits per heavy atom. The Morgan fingerprint density at radius 1 is 1.25 bits per heavy atom. The van der Waals surface area contributed by atoms with Gasteiger partial charge in [-0.25, -0.2) is 0 Å². The standard InChI is InChI=1S/C18H30N2/c1-14(2)17-5-4-9-20(10-8-17)13-18-7-6-16(12-19)11-15(18)3/h6-7,11,14,17H,4-5,8-10,12-13,19H2,1-3H3. The van der Waals surface area contributed by atoms with Crippen LogP contribution in [0.5, 0.6) is 0 Å². The van der Waals surface area contributed by atoms with E-state index in [0.717, 1.165) is 18.4 Å². The summed E-state index contributed by atoms with van der Waals surface area (Å²) in [7, 11) is 0. The molecule has 1 aromatic carbocycles. The van der Waals surface area contributed by atoms with Crippen molar-refractivity contribution in [3.8, 4) is 0 Å². The van der Waals surface area contributed by atoms with Crippen LogP contribution in [0.4, 0.5) is 0 Å². The van der Waals surface area contributed by atoms with E-state index in [4.69, 9.17) is 5.73 Å². The predicted octanol–water partition coefficient (Wildman–Crippen LogP) is 3.71. The molecule has 2 heteroatoms. The second-order valence-electron chi connectivity index (χ2n) is 6.68. The Hall–Kier alpha value is -0.860. The van der Waals surface area contributed by atoms with Gasteiger partial charge in [0, 0.05) is 13.1 Å². The summed E-state index contributed by atoms with van der Waals surface area (Å²) in [5, 5.41) is 0. The molecule has 1 aromatic rings. The Morgan fingerprint density at radius 2 is 2.05 bits per heavy atom. The average molecular weight is 274 g/mol. The van der Waals surface area contributed by atoms with Crippen molar-refractivity contribution < 1.29 is 0 Å². The van der Waals surface area contributed by atoms with Gasteiger partial charge in [0.05, 0.1) is 0 Å². The average Bonchev–Trinajstić information content (AvgIpc) is 2.66. The number of hydrogen-bond acceptors (Lipinski definition) is 2.